The zero-order chi connectivity index (χ0) is 15.2. The van der Waals surface area contributed by atoms with Crippen molar-refractivity contribution in [3.05, 3.63) is 53.6 Å². The second-order valence-corrected chi connectivity index (χ2v) is 4.63. The Kier molecular flexibility index (Phi) is 4.68. The van der Waals surface area contributed by atoms with Gasteiger partial charge in [0.05, 0.1) is 31.5 Å². The standard InChI is InChI=1S/C17H18N2O2/c1-12(19-16-7-5-4-6-13(16)11-18)15-10-14(20-2)8-9-17(15)21-3/h4-10,12,19H,1-3H3. The molecule has 0 aromatic heterocycles. The van der Waals surface area contributed by atoms with Crippen molar-refractivity contribution < 1.29 is 9.47 Å². The average Bonchev–Trinajstić information content (AvgIpc) is 2.54. The third-order valence-corrected chi connectivity index (χ3v) is 3.32. The van der Waals surface area contributed by atoms with Crippen molar-refractivity contribution in [3.8, 4) is 17.6 Å². The van der Waals surface area contributed by atoms with Gasteiger partial charge in [-0.1, -0.05) is 12.1 Å². The summed E-state index contributed by atoms with van der Waals surface area (Å²) in [6.45, 7) is 2.02. The minimum absolute atomic E-state index is 0.0236. The molecule has 108 valence electrons. The van der Waals surface area contributed by atoms with E-state index < -0.39 is 0 Å². The summed E-state index contributed by atoms with van der Waals surface area (Å²) >= 11 is 0. The van der Waals surface area contributed by atoms with Crippen molar-refractivity contribution in [2.45, 2.75) is 13.0 Å². The van der Waals surface area contributed by atoms with Crippen LogP contribution >= 0.6 is 0 Å². The summed E-state index contributed by atoms with van der Waals surface area (Å²) in [7, 11) is 3.27. The number of nitrogens with one attached hydrogen (secondary N) is 1. The summed E-state index contributed by atoms with van der Waals surface area (Å²) in [5.74, 6) is 1.55. The molecule has 0 heterocycles. The van der Waals surface area contributed by atoms with Gasteiger partial charge in [-0.2, -0.15) is 5.26 Å². The van der Waals surface area contributed by atoms with Crippen molar-refractivity contribution in [2.75, 3.05) is 19.5 Å². The lowest BCUT2D eigenvalue weighted by atomic mass is 10.1. The van der Waals surface area contributed by atoms with E-state index in [9.17, 15) is 0 Å². The molecule has 0 saturated heterocycles. The Labute approximate surface area is 124 Å². The second-order valence-electron chi connectivity index (χ2n) is 4.63. The Morgan fingerprint density at radius 3 is 2.52 bits per heavy atom. The molecule has 4 heteroatoms. The van der Waals surface area contributed by atoms with E-state index >= 15 is 0 Å². The predicted octanol–water partition coefficient (Wildman–Crippen LogP) is 3.75. The molecule has 0 bridgehead atoms. The van der Waals surface area contributed by atoms with Gasteiger partial charge < -0.3 is 14.8 Å². The topological polar surface area (TPSA) is 54.3 Å². The molecule has 1 N–H and O–H groups in total. The lowest BCUT2D eigenvalue weighted by Crippen LogP contribution is -2.09. The van der Waals surface area contributed by atoms with Crippen LogP contribution in [-0.4, -0.2) is 14.2 Å². The Bertz CT molecular complexity index is 662. The summed E-state index contributed by atoms with van der Waals surface area (Å²) < 4.78 is 10.7. The third kappa shape index (κ3) is 3.26. The summed E-state index contributed by atoms with van der Waals surface area (Å²) in [5, 5.41) is 12.5. The first-order chi connectivity index (χ1) is 10.2. The van der Waals surface area contributed by atoms with Crippen molar-refractivity contribution >= 4 is 5.69 Å². The molecule has 0 spiro atoms. The normalized spacial score (nSPS) is 11.3. The van der Waals surface area contributed by atoms with Gasteiger partial charge in [0.25, 0.3) is 0 Å². The highest BCUT2D eigenvalue weighted by Gasteiger charge is 2.14. The van der Waals surface area contributed by atoms with Crippen LogP contribution in [-0.2, 0) is 0 Å². The maximum Gasteiger partial charge on any atom is 0.124 e. The first-order valence-corrected chi connectivity index (χ1v) is 6.67. The fourth-order valence-corrected chi connectivity index (χ4v) is 2.20. The summed E-state index contributed by atoms with van der Waals surface area (Å²) in [6.07, 6.45) is 0. The lowest BCUT2D eigenvalue weighted by molar-refractivity contribution is 0.397. The highest BCUT2D eigenvalue weighted by molar-refractivity contribution is 5.59. The molecule has 0 amide bonds. The molecule has 0 aliphatic rings. The SMILES string of the molecule is COc1ccc(OC)c(C(C)Nc2ccccc2C#N)c1. The monoisotopic (exact) mass is 282 g/mol. The van der Waals surface area contributed by atoms with Gasteiger partial charge in [0.1, 0.15) is 17.6 Å². The minimum Gasteiger partial charge on any atom is -0.497 e. The van der Waals surface area contributed by atoms with Crippen LogP contribution in [0, 0.1) is 11.3 Å². The van der Waals surface area contributed by atoms with Gasteiger partial charge in [-0.3, -0.25) is 0 Å². The van der Waals surface area contributed by atoms with Crippen LogP contribution in [0.15, 0.2) is 42.5 Å². The van der Waals surface area contributed by atoms with E-state index in [1.54, 1.807) is 20.3 Å². The van der Waals surface area contributed by atoms with Crippen LogP contribution in [0.5, 0.6) is 11.5 Å². The quantitative estimate of drug-likeness (QED) is 0.907. The zero-order valence-corrected chi connectivity index (χ0v) is 12.4. The molecule has 2 aromatic rings. The van der Waals surface area contributed by atoms with Crippen molar-refractivity contribution in [1.82, 2.24) is 0 Å². The Hall–Kier alpha value is -2.67. The Balaban J connectivity index is 2.32. The van der Waals surface area contributed by atoms with Crippen LogP contribution in [0.1, 0.15) is 24.1 Å². The van der Waals surface area contributed by atoms with Crippen LogP contribution in [0.3, 0.4) is 0 Å². The van der Waals surface area contributed by atoms with Gasteiger partial charge in [-0.05, 0) is 37.3 Å². The van der Waals surface area contributed by atoms with E-state index in [4.69, 9.17) is 14.7 Å². The van der Waals surface area contributed by atoms with Crippen LogP contribution in [0.4, 0.5) is 5.69 Å². The Morgan fingerprint density at radius 1 is 1.10 bits per heavy atom. The van der Waals surface area contributed by atoms with Gasteiger partial charge in [0, 0.05) is 5.56 Å². The maximum atomic E-state index is 9.15. The number of nitrogens with zero attached hydrogens (tertiary/aromatic N) is 1. The van der Waals surface area contributed by atoms with Crippen LogP contribution in [0.25, 0.3) is 0 Å². The second kappa shape index (κ2) is 6.67. The number of benzene rings is 2. The number of ether oxygens (including phenoxy) is 2. The molecule has 21 heavy (non-hydrogen) atoms. The molecule has 4 nitrogen and oxygen atoms in total. The number of anilines is 1. The molecular formula is C17H18N2O2. The number of nitriles is 1. The highest BCUT2D eigenvalue weighted by Crippen LogP contribution is 2.31. The third-order valence-electron chi connectivity index (χ3n) is 3.32. The maximum absolute atomic E-state index is 9.15. The fraction of sp³-hybridized carbons (Fsp3) is 0.235. The molecule has 2 aromatic carbocycles. The van der Waals surface area contributed by atoms with Gasteiger partial charge >= 0.3 is 0 Å². The number of para-hydroxylation sites is 1. The van der Waals surface area contributed by atoms with Gasteiger partial charge in [0.15, 0.2) is 0 Å². The summed E-state index contributed by atoms with van der Waals surface area (Å²) in [4.78, 5) is 0. The minimum atomic E-state index is -0.0236. The summed E-state index contributed by atoms with van der Waals surface area (Å²) in [6, 6.07) is 15.3. The molecule has 1 atom stereocenters. The molecular weight excluding hydrogens is 264 g/mol. The van der Waals surface area contributed by atoms with Crippen molar-refractivity contribution in [3.63, 3.8) is 0 Å². The number of rotatable bonds is 5. The molecule has 0 aliphatic heterocycles. The van der Waals surface area contributed by atoms with E-state index in [0.29, 0.717) is 5.56 Å². The molecule has 0 aliphatic carbocycles. The number of hydrogen-bond donors (Lipinski definition) is 1. The number of methoxy groups -OCH3 is 2. The van der Waals surface area contributed by atoms with Gasteiger partial charge in [-0.25, -0.2) is 0 Å². The average molecular weight is 282 g/mol. The van der Waals surface area contributed by atoms with Crippen LogP contribution in [0.2, 0.25) is 0 Å². The predicted molar refractivity (Wildman–Crippen MR) is 82.7 cm³/mol. The molecule has 1 unspecified atom stereocenters. The highest BCUT2D eigenvalue weighted by atomic mass is 16.5. The van der Waals surface area contributed by atoms with E-state index in [1.807, 2.05) is 43.3 Å². The lowest BCUT2D eigenvalue weighted by Gasteiger charge is -2.19. The van der Waals surface area contributed by atoms with E-state index in [-0.39, 0.29) is 6.04 Å². The zero-order valence-electron chi connectivity index (χ0n) is 12.4. The summed E-state index contributed by atoms with van der Waals surface area (Å²) in [5.41, 5.74) is 2.40. The molecule has 2 rings (SSSR count). The smallest absolute Gasteiger partial charge is 0.124 e. The van der Waals surface area contributed by atoms with Gasteiger partial charge in [0.2, 0.25) is 0 Å². The van der Waals surface area contributed by atoms with E-state index in [0.717, 1.165) is 22.7 Å². The first kappa shape index (κ1) is 14.7. The molecule has 0 saturated carbocycles. The van der Waals surface area contributed by atoms with Gasteiger partial charge in [-0.15, -0.1) is 0 Å². The largest absolute Gasteiger partial charge is 0.497 e. The molecule has 0 radical (unpaired) electrons. The molecule has 0 fully saturated rings. The fourth-order valence-electron chi connectivity index (χ4n) is 2.20. The first-order valence-electron chi connectivity index (χ1n) is 6.67. The Morgan fingerprint density at radius 2 is 1.86 bits per heavy atom. The van der Waals surface area contributed by atoms with E-state index in [2.05, 4.69) is 11.4 Å². The van der Waals surface area contributed by atoms with Crippen LogP contribution < -0.4 is 14.8 Å². The van der Waals surface area contributed by atoms with Crippen molar-refractivity contribution in [1.29, 1.82) is 5.26 Å². The number of hydrogen-bond acceptors (Lipinski definition) is 4. The van der Waals surface area contributed by atoms with Crippen molar-refractivity contribution in [2.24, 2.45) is 0 Å². The van der Waals surface area contributed by atoms with E-state index in [1.165, 1.54) is 0 Å².